The highest BCUT2D eigenvalue weighted by Crippen LogP contribution is 2.10. The van der Waals surface area contributed by atoms with Crippen LogP contribution < -0.4 is 5.32 Å². The fourth-order valence-electron chi connectivity index (χ4n) is 2.23. The fourth-order valence-corrected chi connectivity index (χ4v) is 2.23. The van der Waals surface area contributed by atoms with Crippen LogP contribution in [-0.2, 0) is 9.53 Å². The van der Waals surface area contributed by atoms with E-state index >= 15 is 0 Å². The molecule has 1 aliphatic heterocycles. The van der Waals surface area contributed by atoms with E-state index < -0.39 is 0 Å². The van der Waals surface area contributed by atoms with Crippen molar-refractivity contribution in [2.75, 3.05) is 19.8 Å². The standard InChI is InChI=1S/C17H29NO2/c1-2-3-4-5-6-7-8-9-10-11-17(19)18-14-16-12-13-20-15-16/h8-11,16H,2-7,12-15H2,1H3,(H,18,19). The molecular formula is C17H29NO2. The van der Waals surface area contributed by atoms with Gasteiger partial charge in [0.15, 0.2) is 0 Å². The van der Waals surface area contributed by atoms with Gasteiger partial charge in [0.1, 0.15) is 0 Å². The Hall–Kier alpha value is -1.09. The number of unbranched alkanes of at least 4 members (excludes halogenated alkanes) is 5. The van der Waals surface area contributed by atoms with Crippen LogP contribution in [0.15, 0.2) is 24.3 Å². The first-order valence-corrected chi connectivity index (χ1v) is 8.01. The van der Waals surface area contributed by atoms with Crippen LogP contribution in [0.3, 0.4) is 0 Å². The number of hydrogen-bond acceptors (Lipinski definition) is 2. The van der Waals surface area contributed by atoms with Gasteiger partial charge >= 0.3 is 0 Å². The molecule has 0 aromatic heterocycles. The normalized spacial score (nSPS) is 19.1. The van der Waals surface area contributed by atoms with Gasteiger partial charge in [-0.1, -0.05) is 50.8 Å². The van der Waals surface area contributed by atoms with Crippen LogP contribution in [-0.4, -0.2) is 25.7 Å². The molecule has 1 heterocycles. The summed E-state index contributed by atoms with van der Waals surface area (Å²) in [7, 11) is 0. The Morgan fingerprint density at radius 2 is 2.10 bits per heavy atom. The molecule has 1 fully saturated rings. The SMILES string of the molecule is CCCCCCCC=CC=CC(=O)NCC1CCOC1. The van der Waals surface area contributed by atoms with E-state index in [1.54, 1.807) is 6.08 Å². The lowest BCUT2D eigenvalue weighted by Gasteiger charge is -2.06. The van der Waals surface area contributed by atoms with Crippen molar-refractivity contribution in [3.8, 4) is 0 Å². The van der Waals surface area contributed by atoms with Crippen molar-refractivity contribution in [3.05, 3.63) is 24.3 Å². The Morgan fingerprint density at radius 3 is 2.85 bits per heavy atom. The minimum atomic E-state index is -0.00973. The van der Waals surface area contributed by atoms with E-state index in [4.69, 9.17) is 4.74 Å². The van der Waals surface area contributed by atoms with Gasteiger partial charge in [0.2, 0.25) is 5.91 Å². The van der Waals surface area contributed by atoms with Crippen LogP contribution in [0.2, 0.25) is 0 Å². The van der Waals surface area contributed by atoms with E-state index in [0.29, 0.717) is 5.92 Å². The van der Waals surface area contributed by atoms with Crippen molar-refractivity contribution in [2.45, 2.75) is 51.9 Å². The maximum absolute atomic E-state index is 11.5. The lowest BCUT2D eigenvalue weighted by atomic mass is 10.1. The van der Waals surface area contributed by atoms with Gasteiger partial charge in [0.05, 0.1) is 6.61 Å². The molecule has 0 saturated carbocycles. The molecule has 0 spiro atoms. The number of amides is 1. The summed E-state index contributed by atoms with van der Waals surface area (Å²) < 4.78 is 5.27. The quantitative estimate of drug-likeness (QED) is 0.377. The fraction of sp³-hybridized carbons (Fsp3) is 0.706. The molecule has 20 heavy (non-hydrogen) atoms. The van der Waals surface area contributed by atoms with E-state index in [9.17, 15) is 4.79 Å². The number of allylic oxidation sites excluding steroid dienone is 3. The molecule has 0 aromatic carbocycles. The average molecular weight is 279 g/mol. The second-order valence-electron chi connectivity index (χ2n) is 5.46. The molecule has 0 aliphatic carbocycles. The zero-order valence-electron chi connectivity index (χ0n) is 12.8. The molecule has 1 amide bonds. The summed E-state index contributed by atoms with van der Waals surface area (Å²) in [6.07, 6.45) is 16.2. The average Bonchev–Trinajstić information content (AvgIpc) is 2.96. The molecule has 0 aromatic rings. The summed E-state index contributed by atoms with van der Waals surface area (Å²) in [4.78, 5) is 11.5. The molecule has 0 radical (unpaired) electrons. The van der Waals surface area contributed by atoms with Crippen LogP contribution in [0.1, 0.15) is 51.9 Å². The van der Waals surface area contributed by atoms with Gasteiger partial charge in [-0.3, -0.25) is 4.79 Å². The Balaban J connectivity index is 1.97. The lowest BCUT2D eigenvalue weighted by Crippen LogP contribution is -2.27. The van der Waals surface area contributed by atoms with Gasteiger partial charge in [-0.05, 0) is 19.3 Å². The minimum absolute atomic E-state index is 0.00973. The number of hydrogen-bond donors (Lipinski definition) is 1. The van der Waals surface area contributed by atoms with Crippen LogP contribution in [0.25, 0.3) is 0 Å². The number of carbonyl (C=O) groups excluding carboxylic acids is 1. The van der Waals surface area contributed by atoms with Crippen molar-refractivity contribution in [1.82, 2.24) is 5.32 Å². The van der Waals surface area contributed by atoms with E-state index in [1.165, 1.54) is 32.1 Å². The van der Waals surface area contributed by atoms with Gasteiger partial charge in [0.25, 0.3) is 0 Å². The van der Waals surface area contributed by atoms with Gasteiger partial charge in [-0.25, -0.2) is 0 Å². The Morgan fingerprint density at radius 1 is 1.25 bits per heavy atom. The van der Waals surface area contributed by atoms with E-state index in [0.717, 1.165) is 32.6 Å². The molecule has 0 bridgehead atoms. The van der Waals surface area contributed by atoms with Gasteiger partial charge in [-0.15, -0.1) is 0 Å². The summed E-state index contributed by atoms with van der Waals surface area (Å²) in [5.74, 6) is 0.482. The molecule has 1 atom stereocenters. The Bertz CT molecular complexity index is 304. The first-order chi connectivity index (χ1) is 9.83. The highest BCUT2D eigenvalue weighted by Gasteiger charge is 2.15. The largest absolute Gasteiger partial charge is 0.381 e. The molecule has 114 valence electrons. The Kier molecular flexibility index (Phi) is 9.93. The van der Waals surface area contributed by atoms with Gasteiger partial charge < -0.3 is 10.1 Å². The summed E-state index contributed by atoms with van der Waals surface area (Å²) >= 11 is 0. The molecule has 3 heteroatoms. The summed E-state index contributed by atoms with van der Waals surface area (Å²) in [6, 6.07) is 0. The third-order valence-corrected chi connectivity index (χ3v) is 3.56. The molecule has 3 nitrogen and oxygen atoms in total. The van der Waals surface area contributed by atoms with E-state index in [2.05, 4.69) is 18.3 Å². The predicted molar refractivity (Wildman–Crippen MR) is 83.6 cm³/mol. The van der Waals surface area contributed by atoms with E-state index in [1.807, 2.05) is 12.2 Å². The highest BCUT2D eigenvalue weighted by atomic mass is 16.5. The van der Waals surface area contributed by atoms with Crippen molar-refractivity contribution in [3.63, 3.8) is 0 Å². The predicted octanol–water partition coefficient (Wildman–Crippen LogP) is 3.61. The second kappa shape index (κ2) is 11.7. The number of rotatable bonds is 10. The van der Waals surface area contributed by atoms with Crippen LogP contribution in [0, 0.1) is 5.92 Å². The van der Waals surface area contributed by atoms with Crippen LogP contribution in [0.5, 0.6) is 0 Å². The van der Waals surface area contributed by atoms with Crippen molar-refractivity contribution >= 4 is 5.91 Å². The highest BCUT2D eigenvalue weighted by molar-refractivity contribution is 5.87. The monoisotopic (exact) mass is 279 g/mol. The number of carbonyl (C=O) groups is 1. The zero-order chi connectivity index (χ0) is 14.5. The molecule has 1 saturated heterocycles. The van der Waals surface area contributed by atoms with Crippen molar-refractivity contribution < 1.29 is 9.53 Å². The third kappa shape index (κ3) is 8.92. The number of ether oxygens (including phenoxy) is 1. The lowest BCUT2D eigenvalue weighted by molar-refractivity contribution is -0.116. The molecule has 1 rings (SSSR count). The molecule has 1 aliphatic rings. The summed E-state index contributed by atoms with van der Waals surface area (Å²) in [6.45, 7) is 4.57. The molecule has 1 unspecified atom stereocenters. The van der Waals surface area contributed by atoms with Crippen molar-refractivity contribution in [2.24, 2.45) is 5.92 Å². The topological polar surface area (TPSA) is 38.3 Å². The van der Waals surface area contributed by atoms with Crippen LogP contribution >= 0.6 is 0 Å². The minimum Gasteiger partial charge on any atom is -0.381 e. The zero-order valence-corrected chi connectivity index (χ0v) is 12.8. The second-order valence-corrected chi connectivity index (χ2v) is 5.46. The maximum Gasteiger partial charge on any atom is 0.243 e. The van der Waals surface area contributed by atoms with Gasteiger partial charge in [-0.2, -0.15) is 0 Å². The molecule has 1 N–H and O–H groups in total. The first kappa shape index (κ1) is 17.0. The first-order valence-electron chi connectivity index (χ1n) is 8.01. The maximum atomic E-state index is 11.5. The summed E-state index contributed by atoms with van der Waals surface area (Å²) in [5.41, 5.74) is 0. The smallest absolute Gasteiger partial charge is 0.243 e. The number of nitrogens with one attached hydrogen (secondary N) is 1. The third-order valence-electron chi connectivity index (χ3n) is 3.56. The van der Waals surface area contributed by atoms with E-state index in [-0.39, 0.29) is 5.91 Å². The molecular weight excluding hydrogens is 250 g/mol. The van der Waals surface area contributed by atoms with Crippen molar-refractivity contribution in [1.29, 1.82) is 0 Å². The summed E-state index contributed by atoms with van der Waals surface area (Å²) in [5, 5.41) is 2.91. The van der Waals surface area contributed by atoms with Crippen LogP contribution in [0.4, 0.5) is 0 Å². The Labute approximate surface area is 123 Å². The van der Waals surface area contributed by atoms with Gasteiger partial charge in [0, 0.05) is 25.1 Å².